The Hall–Kier alpha value is -0.470. The summed E-state index contributed by atoms with van der Waals surface area (Å²) < 4.78 is 40.7. The lowest BCUT2D eigenvalue weighted by Gasteiger charge is -2.23. The van der Waals surface area contributed by atoms with E-state index < -0.39 is 16.4 Å². The minimum atomic E-state index is -3.64. The largest absolute Gasteiger partial charge is 0.377 e. The van der Waals surface area contributed by atoms with Crippen molar-refractivity contribution in [2.45, 2.75) is 116 Å². The Balaban J connectivity index is 3.85. The predicted octanol–water partition coefficient (Wildman–Crippen LogP) is 6.85. The smallest absolute Gasteiger partial charge is 0.267 e. The van der Waals surface area contributed by atoms with E-state index in [1.165, 1.54) is 77.0 Å². The van der Waals surface area contributed by atoms with Crippen LogP contribution in [0.4, 0.5) is 0 Å². The first-order chi connectivity index (χ1) is 16.5. The fourth-order valence-electron chi connectivity index (χ4n) is 3.92. The van der Waals surface area contributed by atoms with E-state index in [0.717, 1.165) is 43.0 Å². The van der Waals surface area contributed by atoms with Crippen LogP contribution in [0.2, 0.25) is 0 Å². The van der Waals surface area contributed by atoms with E-state index in [1.54, 1.807) is 0 Å². The van der Waals surface area contributed by atoms with Crippen molar-refractivity contribution in [3.8, 4) is 0 Å². The van der Waals surface area contributed by atoms with Gasteiger partial charge >= 0.3 is 0 Å². The van der Waals surface area contributed by atoms with E-state index in [9.17, 15) is 8.42 Å². The lowest BCUT2D eigenvalue weighted by molar-refractivity contribution is -0.870. The van der Waals surface area contributed by atoms with Gasteiger partial charge in [0.05, 0.1) is 47.2 Å². The summed E-state index contributed by atoms with van der Waals surface area (Å²) in [5.74, 6) is 0. The van der Waals surface area contributed by atoms with Gasteiger partial charge in [-0.15, -0.1) is 0 Å². The average molecular weight is 521 g/mol. The highest BCUT2D eigenvalue weighted by Crippen LogP contribution is 2.15. The Morgan fingerprint density at radius 2 is 1.20 bits per heavy atom. The van der Waals surface area contributed by atoms with E-state index >= 15 is 0 Å². The maximum absolute atomic E-state index is 11.6. The second-order valence-corrected chi connectivity index (χ2v) is 12.6. The summed E-state index contributed by atoms with van der Waals surface area (Å²) in [7, 11) is 2.88. The van der Waals surface area contributed by atoms with Gasteiger partial charge in [-0.05, 0) is 19.3 Å². The van der Waals surface area contributed by atoms with Crippen molar-refractivity contribution in [1.29, 1.82) is 0 Å². The van der Waals surface area contributed by atoms with Crippen LogP contribution < -0.4 is 0 Å². The molecule has 0 rings (SSSR count). The monoisotopic (exact) mass is 520 g/mol. The molecular formula is C28H58NO5S+. The van der Waals surface area contributed by atoms with Crippen molar-refractivity contribution in [3.63, 3.8) is 0 Å². The van der Waals surface area contributed by atoms with Crippen LogP contribution in [0.25, 0.3) is 0 Å². The molecule has 0 aliphatic rings. The molecule has 0 fully saturated rings. The fraction of sp³-hybridized carbons (Fsp3) is 0.929. The molecule has 0 aromatic heterocycles. The van der Waals surface area contributed by atoms with Crippen molar-refractivity contribution in [3.05, 3.63) is 12.2 Å². The zero-order valence-electron chi connectivity index (χ0n) is 23.8. The third-order valence-corrected chi connectivity index (χ3v) is 6.54. The lowest BCUT2D eigenvalue weighted by Crippen LogP contribution is -2.35. The first-order valence-electron chi connectivity index (χ1n) is 14.1. The molecule has 0 saturated heterocycles. The van der Waals surface area contributed by atoms with E-state index in [4.69, 9.17) is 13.7 Å². The van der Waals surface area contributed by atoms with Crippen molar-refractivity contribution in [2.24, 2.45) is 0 Å². The summed E-state index contributed by atoms with van der Waals surface area (Å²) in [4.78, 5) is 0. The topological polar surface area (TPSA) is 61.8 Å². The normalized spacial score (nSPS) is 13.3. The van der Waals surface area contributed by atoms with Crippen LogP contribution in [0.3, 0.4) is 0 Å². The molecule has 0 spiro atoms. The Morgan fingerprint density at radius 3 is 1.66 bits per heavy atom. The summed E-state index contributed by atoms with van der Waals surface area (Å²) in [5.41, 5.74) is 0.507. The Kier molecular flexibility index (Phi) is 21.3. The first kappa shape index (κ1) is 34.5. The molecule has 0 aliphatic heterocycles. The summed E-state index contributed by atoms with van der Waals surface area (Å²) in [5, 5.41) is 0. The molecule has 0 aliphatic carbocycles. The quantitative estimate of drug-likeness (QED) is 0.0410. The maximum Gasteiger partial charge on any atom is 0.267 e. The fourth-order valence-corrected chi connectivity index (χ4v) is 4.43. The zero-order valence-corrected chi connectivity index (χ0v) is 24.6. The Morgan fingerprint density at radius 1 is 0.743 bits per heavy atom. The van der Waals surface area contributed by atoms with E-state index in [-0.39, 0.29) is 6.61 Å². The number of hydrogen-bond acceptors (Lipinski definition) is 5. The van der Waals surface area contributed by atoms with Crippen LogP contribution in [0, 0.1) is 0 Å². The molecule has 0 aromatic carbocycles. The molecule has 0 N–H and O–H groups in total. The SMILES string of the molecule is C=C(COCCCC[N+](C)(C)C)C(OCCCCCCCCCCCCCCCC)OS(C)(=O)=O. The molecule has 0 saturated carbocycles. The highest BCUT2D eigenvalue weighted by atomic mass is 32.2. The van der Waals surface area contributed by atoms with Gasteiger partial charge in [-0.2, -0.15) is 8.42 Å². The first-order valence-corrected chi connectivity index (χ1v) is 15.9. The summed E-state index contributed by atoms with van der Waals surface area (Å²) in [6, 6.07) is 0. The Labute approximate surface area is 218 Å². The standard InChI is InChI=1S/C28H58NO5S/c1-7-8-9-10-11-12-13-14-15-16-17-18-19-21-25-33-28(34-35(6,30)31)27(2)26-32-24-22-20-23-29(3,4)5/h28H,2,7-26H2,1,3-6H3/q+1. The number of nitrogens with zero attached hydrogens (tertiary/aromatic N) is 1. The van der Waals surface area contributed by atoms with Crippen LogP contribution in [-0.2, 0) is 23.8 Å². The van der Waals surface area contributed by atoms with Gasteiger partial charge in [0.15, 0.2) is 6.29 Å². The van der Waals surface area contributed by atoms with Gasteiger partial charge in [-0.3, -0.25) is 0 Å². The molecule has 1 atom stereocenters. The molecule has 1 unspecified atom stereocenters. The second kappa shape index (κ2) is 21.6. The molecule has 6 nitrogen and oxygen atoms in total. The molecule has 0 radical (unpaired) electrons. The van der Waals surface area contributed by atoms with Crippen LogP contribution in [-0.4, -0.2) is 73.0 Å². The summed E-state index contributed by atoms with van der Waals surface area (Å²) in [6.07, 6.45) is 20.2. The molecule has 0 bridgehead atoms. The molecule has 35 heavy (non-hydrogen) atoms. The van der Waals surface area contributed by atoms with Gasteiger partial charge in [-0.25, -0.2) is 4.18 Å². The van der Waals surface area contributed by atoms with Crippen LogP contribution in [0.5, 0.6) is 0 Å². The van der Waals surface area contributed by atoms with E-state index in [2.05, 4.69) is 34.6 Å². The third-order valence-electron chi connectivity index (χ3n) is 6.02. The highest BCUT2D eigenvalue weighted by molar-refractivity contribution is 7.86. The lowest BCUT2D eigenvalue weighted by atomic mass is 10.0. The van der Waals surface area contributed by atoms with E-state index in [0.29, 0.717) is 18.8 Å². The van der Waals surface area contributed by atoms with Gasteiger partial charge < -0.3 is 14.0 Å². The van der Waals surface area contributed by atoms with Gasteiger partial charge in [0.2, 0.25) is 0 Å². The molecular weight excluding hydrogens is 462 g/mol. The molecule has 0 aromatic rings. The number of hydrogen-bond donors (Lipinski definition) is 0. The minimum Gasteiger partial charge on any atom is -0.377 e. The van der Waals surface area contributed by atoms with Crippen molar-refractivity contribution < 1.29 is 26.6 Å². The summed E-state index contributed by atoms with van der Waals surface area (Å²) >= 11 is 0. The maximum atomic E-state index is 11.6. The van der Waals surface area contributed by atoms with E-state index in [1.807, 2.05) is 0 Å². The van der Waals surface area contributed by atoms with Gasteiger partial charge in [-0.1, -0.05) is 97.0 Å². The molecule has 0 heterocycles. The second-order valence-electron chi connectivity index (χ2n) is 11.0. The Bertz CT molecular complexity index is 601. The minimum absolute atomic E-state index is 0.239. The molecule has 7 heteroatoms. The number of ether oxygens (including phenoxy) is 2. The highest BCUT2D eigenvalue weighted by Gasteiger charge is 2.19. The average Bonchev–Trinajstić information content (AvgIpc) is 2.76. The number of rotatable bonds is 26. The zero-order chi connectivity index (χ0) is 26.4. The van der Waals surface area contributed by atoms with Crippen LogP contribution in [0.15, 0.2) is 12.2 Å². The van der Waals surface area contributed by atoms with Gasteiger partial charge in [0.1, 0.15) is 0 Å². The predicted molar refractivity (Wildman–Crippen MR) is 148 cm³/mol. The van der Waals surface area contributed by atoms with Gasteiger partial charge in [0.25, 0.3) is 10.1 Å². The third kappa shape index (κ3) is 26.4. The number of unbranched alkanes of at least 4 members (excludes halogenated alkanes) is 14. The van der Waals surface area contributed by atoms with Crippen molar-refractivity contribution >= 4 is 10.1 Å². The number of quaternary nitrogens is 1. The van der Waals surface area contributed by atoms with Crippen molar-refractivity contribution in [2.75, 3.05) is 53.8 Å². The molecule has 210 valence electrons. The summed E-state index contributed by atoms with van der Waals surface area (Å²) in [6.45, 7) is 8.61. The van der Waals surface area contributed by atoms with Crippen LogP contribution >= 0.6 is 0 Å². The van der Waals surface area contributed by atoms with Crippen LogP contribution in [0.1, 0.15) is 110 Å². The van der Waals surface area contributed by atoms with Gasteiger partial charge in [0, 0.05) is 12.2 Å². The molecule has 0 amide bonds. The van der Waals surface area contributed by atoms with Crippen molar-refractivity contribution in [1.82, 2.24) is 0 Å².